The predicted octanol–water partition coefficient (Wildman–Crippen LogP) is 0.780. The standard InChI is InChI=1S/C10H11N3O2/c1-12-6-7(5-11)8-3-2-4-9(13-8)10(14)15/h2-6H,11H2,1H3,(H,14,15). The van der Waals surface area contributed by atoms with E-state index in [0.717, 1.165) is 0 Å². The minimum absolute atomic E-state index is 0.0173. The van der Waals surface area contributed by atoms with Crippen molar-refractivity contribution in [3.63, 3.8) is 0 Å². The van der Waals surface area contributed by atoms with Crippen LogP contribution in [0.2, 0.25) is 0 Å². The summed E-state index contributed by atoms with van der Waals surface area (Å²) in [6.45, 7) is 0. The maximum atomic E-state index is 10.7. The lowest BCUT2D eigenvalue weighted by Gasteiger charge is -2.01. The molecule has 5 nitrogen and oxygen atoms in total. The molecule has 1 heterocycles. The lowest BCUT2D eigenvalue weighted by atomic mass is 10.2. The number of nitrogens with two attached hydrogens (primary N) is 1. The third kappa shape index (κ3) is 2.63. The highest BCUT2D eigenvalue weighted by Gasteiger charge is 2.06. The first-order valence-corrected chi connectivity index (χ1v) is 4.24. The zero-order chi connectivity index (χ0) is 11.3. The Balaban J connectivity index is 3.15. The molecule has 0 spiro atoms. The smallest absolute Gasteiger partial charge is 0.354 e. The van der Waals surface area contributed by atoms with Crippen molar-refractivity contribution in [2.75, 3.05) is 7.05 Å². The number of nitrogens with zero attached hydrogens (tertiary/aromatic N) is 2. The quantitative estimate of drug-likeness (QED) is 0.713. The maximum absolute atomic E-state index is 10.7. The molecular formula is C10H11N3O2. The number of hydrogen-bond donors (Lipinski definition) is 2. The molecular weight excluding hydrogens is 194 g/mol. The van der Waals surface area contributed by atoms with E-state index in [1.807, 2.05) is 0 Å². The normalized spacial score (nSPS) is 11.9. The molecule has 0 fully saturated rings. The molecule has 0 saturated heterocycles. The molecule has 0 bridgehead atoms. The summed E-state index contributed by atoms with van der Waals surface area (Å²) in [4.78, 5) is 18.4. The average molecular weight is 205 g/mol. The van der Waals surface area contributed by atoms with Crippen LogP contribution >= 0.6 is 0 Å². The Hall–Kier alpha value is -2.17. The molecule has 1 aromatic rings. The second-order valence-electron chi connectivity index (χ2n) is 2.72. The number of allylic oxidation sites excluding steroid dienone is 1. The summed E-state index contributed by atoms with van der Waals surface area (Å²) < 4.78 is 0. The van der Waals surface area contributed by atoms with E-state index >= 15 is 0 Å². The molecule has 0 aliphatic carbocycles. The first kappa shape index (κ1) is 10.9. The third-order valence-electron chi connectivity index (χ3n) is 1.71. The minimum atomic E-state index is -1.07. The molecule has 0 radical (unpaired) electrons. The monoisotopic (exact) mass is 205 g/mol. The number of aromatic nitrogens is 1. The van der Waals surface area contributed by atoms with Crippen molar-refractivity contribution in [2.24, 2.45) is 10.7 Å². The van der Waals surface area contributed by atoms with E-state index in [2.05, 4.69) is 9.98 Å². The average Bonchev–Trinajstić information content (AvgIpc) is 2.26. The fraction of sp³-hybridized carbons (Fsp3) is 0.100. The van der Waals surface area contributed by atoms with Gasteiger partial charge in [-0.2, -0.15) is 0 Å². The largest absolute Gasteiger partial charge is 0.477 e. The molecule has 5 heteroatoms. The van der Waals surface area contributed by atoms with Crippen LogP contribution < -0.4 is 5.73 Å². The van der Waals surface area contributed by atoms with E-state index in [-0.39, 0.29) is 5.69 Å². The van der Waals surface area contributed by atoms with Gasteiger partial charge in [0.25, 0.3) is 0 Å². The number of carbonyl (C=O) groups is 1. The second kappa shape index (κ2) is 4.90. The molecule has 15 heavy (non-hydrogen) atoms. The molecule has 0 atom stereocenters. The van der Waals surface area contributed by atoms with E-state index in [1.165, 1.54) is 18.5 Å². The van der Waals surface area contributed by atoms with Crippen molar-refractivity contribution < 1.29 is 9.90 Å². The van der Waals surface area contributed by atoms with Crippen molar-refractivity contribution >= 4 is 17.8 Å². The van der Waals surface area contributed by atoms with Gasteiger partial charge in [-0.25, -0.2) is 9.78 Å². The zero-order valence-electron chi connectivity index (χ0n) is 8.21. The Bertz CT molecular complexity index is 424. The Kier molecular flexibility index (Phi) is 3.56. The van der Waals surface area contributed by atoms with Gasteiger partial charge in [0.15, 0.2) is 0 Å². The van der Waals surface area contributed by atoms with Crippen LogP contribution in [0.15, 0.2) is 29.4 Å². The summed E-state index contributed by atoms with van der Waals surface area (Å²) in [7, 11) is 1.60. The number of aromatic carboxylic acids is 1. The lowest BCUT2D eigenvalue weighted by molar-refractivity contribution is 0.0690. The van der Waals surface area contributed by atoms with Crippen LogP contribution in [0, 0.1) is 0 Å². The lowest BCUT2D eigenvalue weighted by Crippen LogP contribution is -2.03. The molecule has 0 aliphatic rings. The highest BCUT2D eigenvalue weighted by Crippen LogP contribution is 2.09. The number of carboxylic acid groups (broad SMARTS) is 1. The second-order valence-corrected chi connectivity index (χ2v) is 2.72. The van der Waals surface area contributed by atoms with Gasteiger partial charge >= 0.3 is 5.97 Å². The van der Waals surface area contributed by atoms with E-state index in [4.69, 9.17) is 10.8 Å². The first-order chi connectivity index (χ1) is 7.19. The van der Waals surface area contributed by atoms with Crippen LogP contribution in [-0.2, 0) is 0 Å². The Morgan fingerprint density at radius 2 is 2.20 bits per heavy atom. The molecule has 0 unspecified atom stereocenters. The molecule has 0 aromatic carbocycles. The van der Waals surface area contributed by atoms with Gasteiger partial charge in [0, 0.05) is 25.0 Å². The van der Waals surface area contributed by atoms with E-state index in [9.17, 15) is 4.79 Å². The zero-order valence-corrected chi connectivity index (χ0v) is 8.21. The summed E-state index contributed by atoms with van der Waals surface area (Å²) in [6, 6.07) is 4.70. The van der Waals surface area contributed by atoms with Crippen LogP contribution in [0.5, 0.6) is 0 Å². The van der Waals surface area contributed by atoms with Crippen LogP contribution in [0.3, 0.4) is 0 Å². The number of rotatable bonds is 3. The number of aliphatic imine (C=N–C) groups is 1. The Labute approximate surface area is 87.0 Å². The van der Waals surface area contributed by atoms with Crippen molar-refractivity contribution in [3.8, 4) is 0 Å². The SMILES string of the molecule is CN=CC(=CN)c1cccc(C(=O)O)n1. The van der Waals surface area contributed by atoms with Gasteiger partial charge in [0.2, 0.25) is 0 Å². The van der Waals surface area contributed by atoms with Gasteiger partial charge < -0.3 is 10.8 Å². The fourth-order valence-electron chi connectivity index (χ4n) is 1.05. The molecule has 0 aliphatic heterocycles. The van der Waals surface area contributed by atoms with E-state index < -0.39 is 5.97 Å². The molecule has 1 rings (SSSR count). The van der Waals surface area contributed by atoms with Gasteiger partial charge in [-0.1, -0.05) is 6.07 Å². The van der Waals surface area contributed by atoms with Crippen LogP contribution in [0.1, 0.15) is 16.2 Å². The summed E-state index contributed by atoms with van der Waals surface area (Å²) in [5.41, 5.74) is 6.43. The Morgan fingerprint density at radius 1 is 1.53 bits per heavy atom. The first-order valence-electron chi connectivity index (χ1n) is 4.24. The molecule has 0 amide bonds. The number of hydrogen-bond acceptors (Lipinski definition) is 4. The molecule has 1 aromatic heterocycles. The summed E-state index contributed by atoms with van der Waals surface area (Å²) in [5.74, 6) is -1.07. The van der Waals surface area contributed by atoms with Crippen LogP contribution in [0.25, 0.3) is 5.57 Å². The van der Waals surface area contributed by atoms with Crippen molar-refractivity contribution in [3.05, 3.63) is 35.8 Å². The fourth-order valence-corrected chi connectivity index (χ4v) is 1.05. The predicted molar refractivity (Wildman–Crippen MR) is 57.8 cm³/mol. The van der Waals surface area contributed by atoms with Gasteiger partial charge in [0.05, 0.1) is 5.69 Å². The van der Waals surface area contributed by atoms with Crippen LogP contribution in [0.4, 0.5) is 0 Å². The third-order valence-corrected chi connectivity index (χ3v) is 1.71. The highest BCUT2D eigenvalue weighted by molar-refractivity contribution is 6.08. The Morgan fingerprint density at radius 3 is 2.73 bits per heavy atom. The molecule has 78 valence electrons. The molecule has 3 N–H and O–H groups in total. The van der Waals surface area contributed by atoms with Crippen molar-refractivity contribution in [2.45, 2.75) is 0 Å². The van der Waals surface area contributed by atoms with Gasteiger partial charge in [0.1, 0.15) is 5.69 Å². The van der Waals surface area contributed by atoms with Crippen molar-refractivity contribution in [1.29, 1.82) is 0 Å². The maximum Gasteiger partial charge on any atom is 0.354 e. The summed E-state index contributed by atoms with van der Waals surface area (Å²) in [5, 5.41) is 8.75. The minimum Gasteiger partial charge on any atom is -0.477 e. The van der Waals surface area contributed by atoms with Gasteiger partial charge in [-0.3, -0.25) is 4.99 Å². The number of carboxylic acids is 1. The van der Waals surface area contributed by atoms with E-state index in [1.54, 1.807) is 19.2 Å². The topological polar surface area (TPSA) is 88.6 Å². The summed E-state index contributed by atoms with van der Waals surface area (Å²) >= 11 is 0. The van der Waals surface area contributed by atoms with Crippen LogP contribution in [-0.4, -0.2) is 29.3 Å². The summed E-state index contributed by atoms with van der Waals surface area (Å²) in [6.07, 6.45) is 2.86. The number of pyridine rings is 1. The highest BCUT2D eigenvalue weighted by atomic mass is 16.4. The van der Waals surface area contributed by atoms with Gasteiger partial charge in [-0.05, 0) is 12.1 Å². The van der Waals surface area contributed by atoms with Gasteiger partial charge in [-0.15, -0.1) is 0 Å². The molecule has 0 saturated carbocycles. The van der Waals surface area contributed by atoms with E-state index in [0.29, 0.717) is 11.3 Å². The van der Waals surface area contributed by atoms with Crippen molar-refractivity contribution in [1.82, 2.24) is 4.98 Å².